The first kappa shape index (κ1) is 13.1. The summed E-state index contributed by atoms with van der Waals surface area (Å²) in [5.74, 6) is 0.326. The highest BCUT2D eigenvalue weighted by atomic mass is 35.5. The first-order valence-corrected chi connectivity index (χ1v) is 5.44. The van der Waals surface area contributed by atoms with Crippen LogP contribution in [0, 0.1) is 0 Å². The topological polar surface area (TPSA) is 12.5 Å². The molecule has 0 saturated carbocycles. The van der Waals surface area contributed by atoms with Crippen LogP contribution in [-0.2, 0) is 4.74 Å². The average molecular weight is 246 g/mol. The van der Waals surface area contributed by atoms with E-state index in [9.17, 15) is 13.2 Å². The third-order valence-corrected chi connectivity index (χ3v) is 2.63. The molecule has 1 fully saturated rings. The largest absolute Gasteiger partial charge is 0.390 e. The lowest BCUT2D eigenvalue weighted by Crippen LogP contribution is -2.48. The van der Waals surface area contributed by atoms with Gasteiger partial charge in [-0.2, -0.15) is 13.2 Å². The molecule has 0 spiro atoms. The van der Waals surface area contributed by atoms with Gasteiger partial charge in [0.15, 0.2) is 0 Å². The zero-order valence-corrected chi connectivity index (χ0v) is 9.31. The summed E-state index contributed by atoms with van der Waals surface area (Å²) in [6.07, 6.45) is -5.05. The van der Waals surface area contributed by atoms with E-state index in [0.29, 0.717) is 19.0 Å². The van der Waals surface area contributed by atoms with E-state index in [4.69, 9.17) is 16.3 Å². The average Bonchev–Trinajstić information content (AvgIpc) is 2.13. The molecule has 1 aliphatic rings. The first-order chi connectivity index (χ1) is 6.90. The molecule has 0 aromatic carbocycles. The van der Waals surface area contributed by atoms with Crippen molar-refractivity contribution >= 4 is 11.6 Å². The predicted octanol–water partition coefficient (Wildman–Crippen LogP) is 2.27. The number of hydrogen-bond acceptors (Lipinski definition) is 2. The van der Waals surface area contributed by atoms with Gasteiger partial charge in [-0.25, -0.2) is 0 Å². The Morgan fingerprint density at radius 3 is 2.60 bits per heavy atom. The van der Waals surface area contributed by atoms with Crippen molar-refractivity contribution in [1.82, 2.24) is 4.90 Å². The van der Waals surface area contributed by atoms with Crippen molar-refractivity contribution < 1.29 is 17.9 Å². The molecule has 1 saturated heterocycles. The van der Waals surface area contributed by atoms with Gasteiger partial charge in [0.2, 0.25) is 0 Å². The standard InChI is InChI=1S/C9H15ClF3NO/c1-7-5-14(3-2-9(11,12)13)6-8(4-10)15-7/h7-8H,2-6H2,1H3. The van der Waals surface area contributed by atoms with Crippen LogP contribution < -0.4 is 0 Å². The smallest absolute Gasteiger partial charge is 0.371 e. The summed E-state index contributed by atoms with van der Waals surface area (Å²) in [5, 5.41) is 0. The van der Waals surface area contributed by atoms with Crippen molar-refractivity contribution in [2.75, 3.05) is 25.5 Å². The van der Waals surface area contributed by atoms with Gasteiger partial charge >= 0.3 is 6.18 Å². The van der Waals surface area contributed by atoms with Crippen molar-refractivity contribution in [3.05, 3.63) is 0 Å². The molecule has 0 bridgehead atoms. The van der Waals surface area contributed by atoms with Gasteiger partial charge in [0.25, 0.3) is 0 Å². The van der Waals surface area contributed by atoms with Gasteiger partial charge in [0.1, 0.15) is 0 Å². The van der Waals surface area contributed by atoms with E-state index in [-0.39, 0.29) is 18.8 Å². The van der Waals surface area contributed by atoms with Crippen molar-refractivity contribution in [2.45, 2.75) is 31.7 Å². The van der Waals surface area contributed by atoms with Gasteiger partial charge in [-0.05, 0) is 6.92 Å². The summed E-state index contributed by atoms with van der Waals surface area (Å²) < 4.78 is 41.5. The highest BCUT2D eigenvalue weighted by Gasteiger charge is 2.30. The summed E-state index contributed by atoms with van der Waals surface area (Å²) in [6.45, 7) is 2.91. The summed E-state index contributed by atoms with van der Waals surface area (Å²) in [5.41, 5.74) is 0. The van der Waals surface area contributed by atoms with Crippen molar-refractivity contribution in [3.63, 3.8) is 0 Å². The zero-order valence-electron chi connectivity index (χ0n) is 8.56. The number of nitrogens with zero attached hydrogens (tertiary/aromatic N) is 1. The zero-order chi connectivity index (χ0) is 11.5. The van der Waals surface area contributed by atoms with Gasteiger partial charge < -0.3 is 4.74 Å². The Morgan fingerprint density at radius 2 is 2.07 bits per heavy atom. The minimum absolute atomic E-state index is 0.0323. The SMILES string of the molecule is CC1CN(CCC(F)(F)F)CC(CCl)O1. The molecular formula is C9H15ClF3NO. The van der Waals surface area contributed by atoms with E-state index < -0.39 is 12.6 Å². The maximum atomic E-state index is 12.0. The van der Waals surface area contributed by atoms with Crippen LogP contribution in [0.4, 0.5) is 13.2 Å². The van der Waals surface area contributed by atoms with Gasteiger partial charge in [0.05, 0.1) is 18.6 Å². The second-order valence-electron chi connectivity index (χ2n) is 3.85. The Kier molecular flexibility index (Phi) is 4.67. The van der Waals surface area contributed by atoms with E-state index >= 15 is 0 Å². The van der Waals surface area contributed by atoms with Crippen LogP contribution >= 0.6 is 11.6 Å². The lowest BCUT2D eigenvalue weighted by molar-refractivity contribution is -0.144. The van der Waals surface area contributed by atoms with Crippen molar-refractivity contribution in [3.8, 4) is 0 Å². The monoisotopic (exact) mass is 245 g/mol. The molecule has 0 amide bonds. The molecular weight excluding hydrogens is 231 g/mol. The number of halogens is 4. The third kappa shape index (κ3) is 5.04. The minimum atomic E-state index is -4.09. The fraction of sp³-hybridized carbons (Fsp3) is 1.00. The molecule has 2 atom stereocenters. The molecule has 2 nitrogen and oxygen atoms in total. The molecule has 0 radical (unpaired) electrons. The van der Waals surface area contributed by atoms with Crippen molar-refractivity contribution in [1.29, 1.82) is 0 Å². The Hall–Kier alpha value is -0.0000000000000000208. The normalized spacial score (nSPS) is 29.4. The molecule has 1 heterocycles. The van der Waals surface area contributed by atoms with E-state index in [1.54, 1.807) is 4.90 Å². The van der Waals surface area contributed by atoms with Crippen LogP contribution in [0.2, 0.25) is 0 Å². The fourth-order valence-electron chi connectivity index (χ4n) is 1.69. The quantitative estimate of drug-likeness (QED) is 0.708. The van der Waals surface area contributed by atoms with Crippen LogP contribution in [0.15, 0.2) is 0 Å². The number of hydrogen-bond donors (Lipinski definition) is 0. The van der Waals surface area contributed by atoms with E-state index in [2.05, 4.69) is 0 Å². The molecule has 0 aliphatic carbocycles. The lowest BCUT2D eigenvalue weighted by Gasteiger charge is -2.36. The van der Waals surface area contributed by atoms with Crippen LogP contribution in [-0.4, -0.2) is 48.8 Å². The molecule has 90 valence electrons. The second kappa shape index (κ2) is 5.37. The highest BCUT2D eigenvalue weighted by molar-refractivity contribution is 6.18. The number of alkyl halides is 4. The van der Waals surface area contributed by atoms with E-state index in [0.717, 1.165) is 0 Å². The summed E-state index contributed by atoms with van der Waals surface area (Å²) in [6, 6.07) is 0. The maximum Gasteiger partial charge on any atom is 0.390 e. The number of morpholine rings is 1. The van der Waals surface area contributed by atoms with E-state index in [1.165, 1.54) is 0 Å². The minimum Gasteiger partial charge on any atom is -0.371 e. The molecule has 6 heteroatoms. The third-order valence-electron chi connectivity index (χ3n) is 2.29. The predicted molar refractivity (Wildman–Crippen MR) is 52.2 cm³/mol. The molecule has 1 aliphatic heterocycles. The highest BCUT2D eigenvalue weighted by Crippen LogP contribution is 2.21. The Labute approximate surface area is 92.3 Å². The Balaban J connectivity index is 2.35. The van der Waals surface area contributed by atoms with Gasteiger partial charge in [-0.15, -0.1) is 11.6 Å². The summed E-state index contributed by atoms with van der Waals surface area (Å²) in [4.78, 5) is 1.76. The van der Waals surface area contributed by atoms with Gasteiger partial charge in [-0.3, -0.25) is 4.90 Å². The number of ether oxygens (including phenoxy) is 1. The van der Waals surface area contributed by atoms with Crippen molar-refractivity contribution in [2.24, 2.45) is 0 Å². The molecule has 2 unspecified atom stereocenters. The Bertz CT molecular complexity index is 200. The fourth-order valence-corrected chi connectivity index (χ4v) is 1.86. The van der Waals surface area contributed by atoms with E-state index in [1.807, 2.05) is 6.92 Å². The summed E-state index contributed by atoms with van der Waals surface area (Å²) >= 11 is 5.63. The van der Waals surface area contributed by atoms with Crippen LogP contribution in [0.1, 0.15) is 13.3 Å². The van der Waals surface area contributed by atoms with Gasteiger partial charge in [0, 0.05) is 25.5 Å². The molecule has 15 heavy (non-hydrogen) atoms. The maximum absolute atomic E-state index is 12.0. The first-order valence-electron chi connectivity index (χ1n) is 4.91. The van der Waals surface area contributed by atoms with Crippen LogP contribution in [0.3, 0.4) is 0 Å². The molecule has 1 rings (SSSR count). The van der Waals surface area contributed by atoms with Crippen LogP contribution in [0.25, 0.3) is 0 Å². The van der Waals surface area contributed by atoms with Gasteiger partial charge in [-0.1, -0.05) is 0 Å². The van der Waals surface area contributed by atoms with Crippen LogP contribution in [0.5, 0.6) is 0 Å². The lowest BCUT2D eigenvalue weighted by atomic mass is 10.2. The molecule has 0 aromatic heterocycles. The Morgan fingerprint density at radius 1 is 1.40 bits per heavy atom. The number of rotatable bonds is 3. The summed E-state index contributed by atoms with van der Waals surface area (Å²) in [7, 11) is 0. The molecule has 0 aromatic rings. The molecule has 0 N–H and O–H groups in total. The second-order valence-corrected chi connectivity index (χ2v) is 4.16.